The lowest BCUT2D eigenvalue weighted by Gasteiger charge is -2.14. The summed E-state index contributed by atoms with van der Waals surface area (Å²) in [4.78, 5) is 22.4. The molecule has 1 amide bonds. The molecule has 78 valence electrons. The first-order chi connectivity index (χ1) is 6.49. The Labute approximate surface area is 81.7 Å². The van der Waals surface area contributed by atoms with Gasteiger partial charge in [-0.25, -0.2) is 4.79 Å². The van der Waals surface area contributed by atoms with E-state index in [9.17, 15) is 14.7 Å². The normalized spacial score (nSPS) is 21.4. The maximum Gasteiger partial charge on any atom is 0.347 e. The number of carbonyl (C=O) groups is 2. The SMILES string of the molecule is COC(=O)C1=C(O)[C@H](C(C)C)NC1=O. The minimum absolute atomic E-state index is 0.0288. The Kier molecular flexibility index (Phi) is 2.78. The van der Waals surface area contributed by atoms with E-state index >= 15 is 0 Å². The standard InChI is InChI=1S/C9H13NO4/c1-4(2)6-7(11)5(8(12)10-6)9(13)14-3/h4,6,11H,1-3H3,(H,10,12)/t6-/m0/s1. The first-order valence-electron chi connectivity index (χ1n) is 4.31. The third-order valence-corrected chi connectivity index (χ3v) is 2.12. The van der Waals surface area contributed by atoms with Crippen molar-refractivity contribution < 1.29 is 19.4 Å². The minimum Gasteiger partial charge on any atom is -0.509 e. The van der Waals surface area contributed by atoms with Gasteiger partial charge < -0.3 is 15.2 Å². The molecule has 14 heavy (non-hydrogen) atoms. The summed E-state index contributed by atoms with van der Waals surface area (Å²) >= 11 is 0. The highest BCUT2D eigenvalue weighted by atomic mass is 16.5. The summed E-state index contributed by atoms with van der Waals surface area (Å²) < 4.78 is 4.39. The topological polar surface area (TPSA) is 75.6 Å². The summed E-state index contributed by atoms with van der Waals surface area (Å²) in [5.41, 5.74) is -0.286. The number of hydrogen-bond acceptors (Lipinski definition) is 4. The number of ether oxygens (including phenoxy) is 1. The Morgan fingerprint density at radius 1 is 1.57 bits per heavy atom. The van der Waals surface area contributed by atoms with Gasteiger partial charge in [0.25, 0.3) is 5.91 Å². The molecular formula is C9H13NO4. The Hall–Kier alpha value is -1.52. The molecule has 5 nitrogen and oxygen atoms in total. The lowest BCUT2D eigenvalue weighted by Crippen LogP contribution is -2.33. The molecule has 0 aromatic carbocycles. The average Bonchev–Trinajstić information content (AvgIpc) is 2.41. The number of aliphatic hydroxyl groups excluding tert-OH is 1. The molecule has 2 N–H and O–H groups in total. The molecule has 1 aliphatic rings. The number of aliphatic hydroxyl groups is 1. The maximum absolute atomic E-state index is 11.3. The summed E-state index contributed by atoms with van der Waals surface area (Å²) in [6.45, 7) is 3.67. The van der Waals surface area contributed by atoms with Crippen LogP contribution >= 0.6 is 0 Å². The van der Waals surface area contributed by atoms with Crippen molar-refractivity contribution in [1.29, 1.82) is 0 Å². The molecule has 1 aliphatic heterocycles. The minimum atomic E-state index is -0.803. The number of carbonyl (C=O) groups excluding carboxylic acids is 2. The zero-order valence-electron chi connectivity index (χ0n) is 8.33. The van der Waals surface area contributed by atoms with Gasteiger partial charge in [-0.15, -0.1) is 0 Å². The van der Waals surface area contributed by atoms with Crippen molar-refractivity contribution in [3.63, 3.8) is 0 Å². The average molecular weight is 199 g/mol. The monoisotopic (exact) mass is 199 g/mol. The smallest absolute Gasteiger partial charge is 0.347 e. The molecule has 1 rings (SSSR count). The van der Waals surface area contributed by atoms with Gasteiger partial charge in [0, 0.05) is 0 Å². The van der Waals surface area contributed by atoms with Crippen LogP contribution in [0.5, 0.6) is 0 Å². The molecule has 0 bridgehead atoms. The van der Waals surface area contributed by atoms with Crippen molar-refractivity contribution >= 4 is 11.9 Å². The Bertz CT molecular complexity index is 306. The van der Waals surface area contributed by atoms with E-state index in [0.717, 1.165) is 0 Å². The van der Waals surface area contributed by atoms with E-state index in [0.29, 0.717) is 0 Å². The Balaban J connectivity index is 3.02. The maximum atomic E-state index is 11.3. The van der Waals surface area contributed by atoms with Crippen molar-refractivity contribution in [1.82, 2.24) is 5.32 Å². The molecule has 0 unspecified atom stereocenters. The molecule has 0 aromatic rings. The van der Waals surface area contributed by atoms with E-state index in [1.165, 1.54) is 7.11 Å². The van der Waals surface area contributed by atoms with Crippen LogP contribution in [0.15, 0.2) is 11.3 Å². The summed E-state index contributed by atoms with van der Waals surface area (Å²) in [7, 11) is 1.17. The van der Waals surface area contributed by atoms with Gasteiger partial charge in [0.1, 0.15) is 5.76 Å². The van der Waals surface area contributed by atoms with Gasteiger partial charge >= 0.3 is 5.97 Å². The number of hydrogen-bond donors (Lipinski definition) is 2. The van der Waals surface area contributed by atoms with Crippen molar-refractivity contribution in [2.75, 3.05) is 7.11 Å². The lowest BCUT2D eigenvalue weighted by atomic mass is 10.0. The largest absolute Gasteiger partial charge is 0.509 e. The van der Waals surface area contributed by atoms with Crippen LogP contribution in [0.4, 0.5) is 0 Å². The number of nitrogens with one attached hydrogen (secondary N) is 1. The van der Waals surface area contributed by atoms with Crippen LogP contribution in [0.2, 0.25) is 0 Å². The van der Waals surface area contributed by atoms with Crippen LogP contribution in [-0.2, 0) is 14.3 Å². The molecule has 0 radical (unpaired) electrons. The van der Waals surface area contributed by atoms with E-state index in [1.807, 2.05) is 13.8 Å². The third-order valence-electron chi connectivity index (χ3n) is 2.12. The molecular weight excluding hydrogens is 186 g/mol. The van der Waals surface area contributed by atoms with E-state index in [-0.39, 0.29) is 17.3 Å². The second-order valence-corrected chi connectivity index (χ2v) is 3.45. The molecule has 5 heteroatoms. The summed E-state index contributed by atoms with van der Waals surface area (Å²) in [6.07, 6.45) is 0. The summed E-state index contributed by atoms with van der Waals surface area (Å²) in [5.74, 6) is -1.57. The van der Waals surface area contributed by atoms with E-state index in [4.69, 9.17) is 0 Å². The number of methoxy groups -OCH3 is 1. The van der Waals surface area contributed by atoms with Crippen LogP contribution < -0.4 is 5.32 Å². The highest BCUT2D eigenvalue weighted by Gasteiger charge is 2.37. The van der Waals surface area contributed by atoms with Crippen molar-refractivity contribution in [3.8, 4) is 0 Å². The summed E-state index contributed by atoms with van der Waals surface area (Å²) in [5, 5.41) is 12.1. The molecule has 0 saturated heterocycles. The zero-order chi connectivity index (χ0) is 10.9. The lowest BCUT2D eigenvalue weighted by molar-refractivity contribution is -0.137. The van der Waals surface area contributed by atoms with Crippen LogP contribution in [0.3, 0.4) is 0 Å². The van der Waals surface area contributed by atoms with E-state index in [2.05, 4.69) is 10.1 Å². The Morgan fingerprint density at radius 3 is 2.50 bits per heavy atom. The fraction of sp³-hybridized carbons (Fsp3) is 0.556. The third kappa shape index (κ3) is 1.57. The molecule has 1 atom stereocenters. The van der Waals surface area contributed by atoms with Gasteiger partial charge in [-0.05, 0) is 5.92 Å². The first-order valence-corrected chi connectivity index (χ1v) is 4.31. The van der Waals surface area contributed by atoms with Crippen LogP contribution in [0.25, 0.3) is 0 Å². The highest BCUT2D eigenvalue weighted by molar-refractivity contribution is 6.18. The first kappa shape index (κ1) is 10.6. The second kappa shape index (κ2) is 3.69. The second-order valence-electron chi connectivity index (χ2n) is 3.45. The fourth-order valence-corrected chi connectivity index (χ4v) is 1.34. The van der Waals surface area contributed by atoms with Gasteiger partial charge in [0.2, 0.25) is 0 Å². The van der Waals surface area contributed by atoms with Crippen LogP contribution in [0.1, 0.15) is 13.8 Å². The molecule has 0 fully saturated rings. The molecule has 0 aromatic heterocycles. The van der Waals surface area contributed by atoms with E-state index < -0.39 is 17.9 Å². The number of esters is 1. The van der Waals surface area contributed by atoms with Gasteiger partial charge in [-0.2, -0.15) is 0 Å². The molecule has 0 aliphatic carbocycles. The van der Waals surface area contributed by atoms with Crippen molar-refractivity contribution in [2.24, 2.45) is 5.92 Å². The van der Waals surface area contributed by atoms with Gasteiger partial charge in [-0.1, -0.05) is 13.8 Å². The Morgan fingerprint density at radius 2 is 2.14 bits per heavy atom. The number of rotatable bonds is 2. The highest BCUT2D eigenvalue weighted by Crippen LogP contribution is 2.21. The van der Waals surface area contributed by atoms with Crippen molar-refractivity contribution in [2.45, 2.75) is 19.9 Å². The molecule has 0 saturated carbocycles. The van der Waals surface area contributed by atoms with Gasteiger partial charge in [0.15, 0.2) is 5.57 Å². The van der Waals surface area contributed by atoms with Crippen molar-refractivity contribution in [3.05, 3.63) is 11.3 Å². The molecule has 1 heterocycles. The quantitative estimate of drug-likeness (QED) is 0.489. The predicted octanol–water partition coefficient (Wildman–Crippen LogP) is 0.126. The molecule has 0 spiro atoms. The van der Waals surface area contributed by atoms with E-state index in [1.54, 1.807) is 0 Å². The van der Waals surface area contributed by atoms with Gasteiger partial charge in [-0.3, -0.25) is 4.79 Å². The predicted molar refractivity (Wildman–Crippen MR) is 48.4 cm³/mol. The van der Waals surface area contributed by atoms with Crippen LogP contribution in [-0.4, -0.2) is 30.1 Å². The number of amides is 1. The van der Waals surface area contributed by atoms with Gasteiger partial charge in [0.05, 0.1) is 13.2 Å². The van der Waals surface area contributed by atoms with Crippen LogP contribution in [0, 0.1) is 5.92 Å². The summed E-state index contributed by atoms with van der Waals surface area (Å²) in [6, 6.07) is -0.489. The fourth-order valence-electron chi connectivity index (χ4n) is 1.34. The zero-order valence-corrected chi connectivity index (χ0v) is 8.33.